The quantitative estimate of drug-likeness (QED) is 0.243. The van der Waals surface area contributed by atoms with Gasteiger partial charge in [0.15, 0.2) is 4.80 Å². The number of benzene rings is 3. The Kier molecular flexibility index (Phi) is 7.35. The summed E-state index contributed by atoms with van der Waals surface area (Å²) in [6.45, 7) is 7.66. The first-order chi connectivity index (χ1) is 20.7. The molecule has 0 saturated carbocycles. The van der Waals surface area contributed by atoms with Crippen molar-refractivity contribution < 1.29 is 18.7 Å². The van der Waals surface area contributed by atoms with E-state index in [0.717, 1.165) is 39.0 Å². The summed E-state index contributed by atoms with van der Waals surface area (Å²) in [4.78, 5) is 32.9. The Morgan fingerprint density at radius 3 is 2.47 bits per heavy atom. The summed E-state index contributed by atoms with van der Waals surface area (Å²) in [6, 6.07) is 19.1. The van der Waals surface area contributed by atoms with Gasteiger partial charge in [-0.1, -0.05) is 41.7 Å². The molecule has 0 saturated heterocycles. The van der Waals surface area contributed by atoms with Crippen LogP contribution < -0.4 is 19.6 Å². The van der Waals surface area contributed by atoms with Crippen molar-refractivity contribution in [2.45, 2.75) is 33.7 Å². The number of hydrogen-bond acceptors (Lipinski definition) is 6. The van der Waals surface area contributed by atoms with Gasteiger partial charge in [-0.05, 0) is 86.7 Å². The Bertz CT molecular complexity index is 2120. The number of ether oxygens (including phenoxy) is 2. The maximum absolute atomic E-state index is 14.2. The summed E-state index contributed by atoms with van der Waals surface area (Å²) in [5, 5.41) is 1.73. The van der Waals surface area contributed by atoms with E-state index < -0.39 is 12.0 Å². The van der Waals surface area contributed by atoms with Crippen molar-refractivity contribution in [1.29, 1.82) is 0 Å². The smallest absolute Gasteiger partial charge is 0.338 e. The SMILES string of the molecule is CCOC(=O)C1=C(C)N=c2sc(=Cc3cc(C)n(-c4ccc(F)cc4)c3C)c(=O)n2[C@H]1c1ccc(OC)c2ccccc12. The van der Waals surface area contributed by atoms with E-state index in [1.165, 1.54) is 23.5 Å². The maximum Gasteiger partial charge on any atom is 0.338 e. The largest absolute Gasteiger partial charge is 0.496 e. The average molecular weight is 596 g/mol. The highest BCUT2D eigenvalue weighted by atomic mass is 32.1. The number of rotatable bonds is 6. The molecule has 1 atom stereocenters. The van der Waals surface area contributed by atoms with E-state index in [1.807, 2.05) is 67.0 Å². The summed E-state index contributed by atoms with van der Waals surface area (Å²) >= 11 is 1.28. The Balaban J connectivity index is 1.58. The van der Waals surface area contributed by atoms with Crippen LogP contribution in [-0.4, -0.2) is 28.8 Å². The Morgan fingerprint density at radius 2 is 1.77 bits per heavy atom. The molecule has 2 aromatic heterocycles. The summed E-state index contributed by atoms with van der Waals surface area (Å²) in [6.07, 6.45) is 1.86. The molecule has 0 unspecified atom stereocenters. The fourth-order valence-corrected chi connectivity index (χ4v) is 6.90. The Labute approximate surface area is 251 Å². The predicted molar refractivity (Wildman–Crippen MR) is 166 cm³/mol. The number of fused-ring (bicyclic) bond motifs is 2. The van der Waals surface area contributed by atoms with Crippen LogP contribution in [0, 0.1) is 19.7 Å². The molecule has 0 bridgehead atoms. The summed E-state index contributed by atoms with van der Waals surface area (Å²) in [7, 11) is 1.62. The van der Waals surface area contributed by atoms with Crippen molar-refractivity contribution in [3.63, 3.8) is 0 Å². The number of carbonyl (C=O) groups excluding carboxylic acids is 1. The number of allylic oxidation sites excluding steroid dienone is 1. The number of methoxy groups -OCH3 is 1. The highest BCUT2D eigenvalue weighted by Crippen LogP contribution is 2.38. The van der Waals surface area contributed by atoms with E-state index in [4.69, 9.17) is 14.5 Å². The van der Waals surface area contributed by atoms with Gasteiger partial charge in [0.05, 0.1) is 35.6 Å². The number of aryl methyl sites for hydroxylation is 1. The van der Waals surface area contributed by atoms with Crippen molar-refractivity contribution in [2.24, 2.45) is 4.99 Å². The van der Waals surface area contributed by atoms with Crippen LogP contribution in [0.25, 0.3) is 22.5 Å². The van der Waals surface area contributed by atoms with Gasteiger partial charge in [-0.15, -0.1) is 0 Å². The first kappa shape index (κ1) is 28.4. The molecule has 43 heavy (non-hydrogen) atoms. The Morgan fingerprint density at radius 1 is 1.05 bits per heavy atom. The van der Waals surface area contributed by atoms with Gasteiger partial charge in [-0.3, -0.25) is 9.36 Å². The van der Waals surface area contributed by atoms with E-state index in [0.29, 0.717) is 26.4 Å². The molecule has 1 aliphatic heterocycles. The fourth-order valence-electron chi connectivity index (χ4n) is 5.86. The van der Waals surface area contributed by atoms with Gasteiger partial charge in [0.2, 0.25) is 0 Å². The van der Waals surface area contributed by atoms with E-state index in [-0.39, 0.29) is 18.0 Å². The third-order valence-electron chi connectivity index (χ3n) is 7.79. The second-order valence-corrected chi connectivity index (χ2v) is 11.4. The monoisotopic (exact) mass is 595 g/mol. The lowest BCUT2D eigenvalue weighted by atomic mass is 9.91. The van der Waals surface area contributed by atoms with E-state index >= 15 is 0 Å². The van der Waals surface area contributed by atoms with Gasteiger partial charge in [0.1, 0.15) is 11.6 Å². The van der Waals surface area contributed by atoms with Crippen molar-refractivity contribution in [3.05, 3.63) is 126 Å². The van der Waals surface area contributed by atoms with Gasteiger partial charge in [0, 0.05) is 22.5 Å². The summed E-state index contributed by atoms with van der Waals surface area (Å²) < 4.78 is 28.8. The summed E-state index contributed by atoms with van der Waals surface area (Å²) in [5.41, 5.74) is 4.90. The van der Waals surface area contributed by atoms with Crippen LogP contribution >= 0.6 is 11.3 Å². The Hall–Kier alpha value is -4.76. The van der Waals surface area contributed by atoms with Crippen molar-refractivity contribution in [3.8, 4) is 11.4 Å². The second-order valence-electron chi connectivity index (χ2n) is 10.3. The van der Waals surface area contributed by atoms with Crippen molar-refractivity contribution in [2.75, 3.05) is 13.7 Å². The summed E-state index contributed by atoms with van der Waals surface area (Å²) in [5.74, 6) is -0.114. The van der Waals surface area contributed by atoms with Gasteiger partial charge in [0.25, 0.3) is 5.56 Å². The van der Waals surface area contributed by atoms with Crippen molar-refractivity contribution in [1.82, 2.24) is 9.13 Å². The predicted octanol–water partition coefficient (Wildman–Crippen LogP) is 5.51. The molecule has 218 valence electrons. The number of aromatic nitrogens is 2. The number of carbonyl (C=O) groups is 1. The standard InChI is InChI=1S/C34H30FN3O4S/c1-6-42-33(40)30-20(3)36-34-38(31(30)27-15-16-28(41-5)26-10-8-7-9-25(26)27)32(39)29(43-34)18-22-17-19(2)37(21(22)4)24-13-11-23(35)12-14-24/h7-18,31H,6H2,1-5H3/t31-/m0/s1. The molecule has 7 nitrogen and oxygen atoms in total. The number of esters is 1. The molecule has 6 rings (SSSR count). The maximum atomic E-state index is 14.2. The van der Waals surface area contributed by atoms with Crippen LogP contribution in [-0.2, 0) is 9.53 Å². The second kappa shape index (κ2) is 11.1. The minimum Gasteiger partial charge on any atom is -0.496 e. The molecule has 9 heteroatoms. The molecular weight excluding hydrogens is 565 g/mol. The van der Waals surface area contributed by atoms with Gasteiger partial charge in [-0.25, -0.2) is 14.2 Å². The number of nitrogens with zero attached hydrogens (tertiary/aromatic N) is 3. The van der Waals surface area contributed by atoms with E-state index in [2.05, 4.69) is 0 Å². The average Bonchev–Trinajstić information content (AvgIpc) is 3.45. The molecule has 3 heterocycles. The molecule has 0 fully saturated rings. The van der Waals surface area contributed by atoms with Crippen LogP contribution in [0.3, 0.4) is 0 Å². The minimum absolute atomic E-state index is 0.194. The molecular formula is C34H30FN3O4S. The fraction of sp³-hybridized carbons (Fsp3) is 0.206. The van der Waals surface area contributed by atoms with Gasteiger partial charge in [-0.2, -0.15) is 0 Å². The van der Waals surface area contributed by atoms with Crippen LogP contribution in [0.5, 0.6) is 5.75 Å². The van der Waals surface area contributed by atoms with Crippen LogP contribution in [0.2, 0.25) is 0 Å². The third-order valence-corrected chi connectivity index (χ3v) is 8.77. The topological polar surface area (TPSA) is 74.8 Å². The molecule has 0 N–H and O–H groups in total. The van der Waals surface area contributed by atoms with E-state index in [9.17, 15) is 14.0 Å². The molecule has 5 aromatic rings. The lowest BCUT2D eigenvalue weighted by Crippen LogP contribution is -2.40. The lowest BCUT2D eigenvalue weighted by molar-refractivity contribution is -0.139. The highest BCUT2D eigenvalue weighted by Gasteiger charge is 2.34. The van der Waals surface area contributed by atoms with Crippen LogP contribution in [0.4, 0.5) is 4.39 Å². The molecule has 1 aliphatic rings. The first-order valence-corrected chi connectivity index (χ1v) is 14.7. The number of thiazole rings is 1. The zero-order chi connectivity index (χ0) is 30.4. The zero-order valence-electron chi connectivity index (χ0n) is 24.5. The van der Waals surface area contributed by atoms with Crippen LogP contribution in [0.1, 0.15) is 42.4 Å². The number of halogens is 1. The van der Waals surface area contributed by atoms with Crippen LogP contribution in [0.15, 0.2) is 87.8 Å². The molecule has 0 amide bonds. The lowest BCUT2D eigenvalue weighted by Gasteiger charge is -2.26. The normalized spacial score (nSPS) is 15.0. The molecule has 3 aromatic carbocycles. The molecule has 0 aliphatic carbocycles. The van der Waals surface area contributed by atoms with Gasteiger partial charge < -0.3 is 14.0 Å². The van der Waals surface area contributed by atoms with Gasteiger partial charge >= 0.3 is 5.97 Å². The third kappa shape index (κ3) is 4.79. The highest BCUT2D eigenvalue weighted by molar-refractivity contribution is 7.07. The molecule has 0 radical (unpaired) electrons. The first-order valence-electron chi connectivity index (χ1n) is 13.9. The molecule has 0 spiro atoms. The zero-order valence-corrected chi connectivity index (χ0v) is 25.3. The minimum atomic E-state index is -0.750. The van der Waals surface area contributed by atoms with Crippen molar-refractivity contribution >= 4 is 34.2 Å². The van der Waals surface area contributed by atoms with E-state index in [1.54, 1.807) is 37.7 Å². The number of hydrogen-bond donors (Lipinski definition) is 0.